The molecule has 0 radical (unpaired) electrons. The fourth-order valence-electron chi connectivity index (χ4n) is 2.89. The van der Waals surface area contributed by atoms with Crippen LogP contribution in [0.2, 0.25) is 0 Å². The second-order valence-electron chi connectivity index (χ2n) is 6.90. The lowest BCUT2D eigenvalue weighted by Gasteiger charge is -2.08. The average Bonchev–Trinajstić information content (AvgIpc) is 3.07. The van der Waals surface area contributed by atoms with Gasteiger partial charge in [0, 0.05) is 24.1 Å². The Morgan fingerprint density at radius 2 is 2.00 bits per heavy atom. The Bertz CT molecular complexity index is 1240. The molecule has 9 heteroatoms. The molecular weight excluding hydrogens is 440 g/mol. The van der Waals surface area contributed by atoms with Crippen molar-refractivity contribution in [3.63, 3.8) is 0 Å². The number of amides is 1. The van der Waals surface area contributed by atoms with E-state index in [1.54, 1.807) is 44.9 Å². The van der Waals surface area contributed by atoms with Crippen LogP contribution in [0.4, 0.5) is 0 Å². The predicted molar refractivity (Wildman–Crippen MR) is 122 cm³/mol. The molecule has 0 spiro atoms. The zero-order valence-corrected chi connectivity index (χ0v) is 19.7. The van der Waals surface area contributed by atoms with Crippen LogP contribution < -0.4 is 4.80 Å². The SMILES string of the molecule is COCCn1c(=NC(=O)c2cccc(S(=O)(=O)C(C)C)c2)sc2cc(SC)ccc21. The molecule has 0 bridgehead atoms. The highest BCUT2D eigenvalue weighted by molar-refractivity contribution is 7.98. The first kappa shape index (κ1) is 22.7. The van der Waals surface area contributed by atoms with Crippen molar-refractivity contribution in [1.29, 1.82) is 0 Å². The summed E-state index contributed by atoms with van der Waals surface area (Å²) in [6.07, 6.45) is 2.01. The summed E-state index contributed by atoms with van der Waals surface area (Å²) in [4.78, 5) is 19.0. The van der Waals surface area contributed by atoms with E-state index >= 15 is 0 Å². The standard InChI is InChI=1S/C21H24N2O4S3/c1-14(2)30(25,26)17-7-5-6-15(12-17)20(24)22-21-23(10-11-27-3)18-9-8-16(28-4)13-19(18)29-21/h5-9,12-14H,10-11H2,1-4H3. The number of aromatic nitrogens is 1. The van der Waals surface area contributed by atoms with Crippen LogP contribution in [0.25, 0.3) is 10.2 Å². The Kier molecular flexibility index (Phi) is 7.18. The molecule has 0 N–H and O–H groups in total. The maximum atomic E-state index is 12.9. The van der Waals surface area contributed by atoms with E-state index in [0.717, 1.165) is 15.1 Å². The van der Waals surface area contributed by atoms with E-state index in [1.165, 1.54) is 23.5 Å². The third-order valence-corrected chi connectivity index (χ3v) is 8.55. The number of nitrogens with zero attached hydrogens (tertiary/aromatic N) is 2. The zero-order chi connectivity index (χ0) is 21.9. The minimum absolute atomic E-state index is 0.131. The van der Waals surface area contributed by atoms with Gasteiger partial charge in [-0.15, -0.1) is 11.8 Å². The van der Waals surface area contributed by atoms with Crippen molar-refractivity contribution < 1.29 is 17.9 Å². The molecule has 1 amide bonds. The number of methoxy groups -OCH3 is 1. The number of thiazole rings is 1. The smallest absolute Gasteiger partial charge is 0.279 e. The summed E-state index contributed by atoms with van der Waals surface area (Å²) >= 11 is 3.08. The van der Waals surface area contributed by atoms with Gasteiger partial charge in [-0.1, -0.05) is 17.4 Å². The Morgan fingerprint density at radius 3 is 2.67 bits per heavy atom. The lowest BCUT2D eigenvalue weighted by atomic mass is 10.2. The number of carbonyl (C=O) groups is 1. The number of ether oxygens (including phenoxy) is 1. The zero-order valence-electron chi connectivity index (χ0n) is 17.3. The Hall–Kier alpha value is -1.94. The van der Waals surface area contributed by atoms with Gasteiger partial charge < -0.3 is 9.30 Å². The van der Waals surface area contributed by atoms with Crippen LogP contribution in [0.3, 0.4) is 0 Å². The third kappa shape index (κ3) is 4.69. The van der Waals surface area contributed by atoms with Gasteiger partial charge in [-0.2, -0.15) is 4.99 Å². The Labute approximate surface area is 184 Å². The summed E-state index contributed by atoms with van der Waals surface area (Å²) in [6, 6.07) is 12.2. The number of benzene rings is 2. The van der Waals surface area contributed by atoms with Crippen molar-refractivity contribution in [3.05, 3.63) is 52.8 Å². The van der Waals surface area contributed by atoms with Crippen molar-refractivity contribution in [2.45, 2.75) is 35.4 Å². The van der Waals surface area contributed by atoms with E-state index in [-0.39, 0.29) is 10.5 Å². The van der Waals surface area contributed by atoms with Crippen molar-refractivity contribution in [3.8, 4) is 0 Å². The summed E-state index contributed by atoms with van der Waals surface area (Å²) in [6.45, 7) is 4.28. The average molecular weight is 465 g/mol. The molecule has 0 fully saturated rings. The lowest BCUT2D eigenvalue weighted by Crippen LogP contribution is -2.19. The maximum absolute atomic E-state index is 12.9. The maximum Gasteiger partial charge on any atom is 0.279 e. The molecular formula is C21H24N2O4S3. The van der Waals surface area contributed by atoms with E-state index in [2.05, 4.69) is 11.1 Å². The van der Waals surface area contributed by atoms with Crippen LogP contribution >= 0.6 is 23.1 Å². The minimum Gasteiger partial charge on any atom is -0.383 e. The topological polar surface area (TPSA) is 77.7 Å². The number of fused-ring (bicyclic) bond motifs is 1. The molecule has 6 nitrogen and oxygen atoms in total. The van der Waals surface area contributed by atoms with E-state index in [1.807, 2.05) is 23.0 Å². The third-order valence-electron chi connectivity index (χ3n) is 4.64. The van der Waals surface area contributed by atoms with E-state index < -0.39 is 21.0 Å². The summed E-state index contributed by atoms with van der Waals surface area (Å²) in [5.74, 6) is -0.474. The number of hydrogen-bond acceptors (Lipinski definition) is 6. The molecule has 0 unspecified atom stereocenters. The molecule has 3 rings (SSSR count). The van der Waals surface area contributed by atoms with E-state index in [0.29, 0.717) is 18.0 Å². The molecule has 0 aliphatic rings. The molecule has 0 aliphatic heterocycles. The van der Waals surface area contributed by atoms with Gasteiger partial charge in [0.1, 0.15) is 0 Å². The van der Waals surface area contributed by atoms with Crippen molar-refractivity contribution in [2.24, 2.45) is 4.99 Å². The van der Waals surface area contributed by atoms with Gasteiger partial charge in [0.05, 0.1) is 27.0 Å². The highest BCUT2D eigenvalue weighted by Crippen LogP contribution is 2.24. The highest BCUT2D eigenvalue weighted by atomic mass is 32.2. The molecule has 160 valence electrons. The van der Waals surface area contributed by atoms with Crippen LogP contribution in [-0.2, 0) is 21.1 Å². The lowest BCUT2D eigenvalue weighted by molar-refractivity contribution is 0.0997. The van der Waals surface area contributed by atoms with Crippen LogP contribution in [0.1, 0.15) is 24.2 Å². The number of thioether (sulfide) groups is 1. The molecule has 0 atom stereocenters. The normalized spacial score (nSPS) is 12.8. The first-order valence-electron chi connectivity index (χ1n) is 9.37. The Morgan fingerprint density at radius 1 is 1.23 bits per heavy atom. The van der Waals surface area contributed by atoms with Gasteiger partial charge in [-0.25, -0.2) is 8.42 Å². The first-order chi connectivity index (χ1) is 14.3. The van der Waals surface area contributed by atoms with Crippen molar-refractivity contribution in [2.75, 3.05) is 20.0 Å². The van der Waals surface area contributed by atoms with Gasteiger partial charge in [-0.05, 0) is 56.5 Å². The summed E-state index contributed by atoms with van der Waals surface area (Å²) in [5, 5.41) is -0.566. The quantitative estimate of drug-likeness (QED) is 0.494. The molecule has 0 saturated heterocycles. The molecule has 2 aromatic carbocycles. The van der Waals surface area contributed by atoms with Crippen LogP contribution in [-0.4, -0.2) is 44.1 Å². The van der Waals surface area contributed by atoms with Crippen molar-refractivity contribution >= 4 is 49.1 Å². The molecule has 30 heavy (non-hydrogen) atoms. The van der Waals surface area contributed by atoms with Crippen LogP contribution in [0.5, 0.6) is 0 Å². The van der Waals surface area contributed by atoms with Crippen LogP contribution in [0.15, 0.2) is 57.2 Å². The second-order valence-corrected chi connectivity index (χ2v) is 11.3. The van der Waals surface area contributed by atoms with E-state index in [4.69, 9.17) is 4.74 Å². The minimum atomic E-state index is -3.47. The van der Waals surface area contributed by atoms with E-state index in [9.17, 15) is 13.2 Å². The summed E-state index contributed by atoms with van der Waals surface area (Å²) in [7, 11) is -1.84. The number of hydrogen-bond donors (Lipinski definition) is 0. The summed E-state index contributed by atoms with van der Waals surface area (Å²) < 4.78 is 33.1. The van der Waals surface area contributed by atoms with Gasteiger partial charge in [0.15, 0.2) is 14.6 Å². The predicted octanol–water partition coefficient (Wildman–Crippen LogP) is 3.99. The van der Waals surface area contributed by atoms with Gasteiger partial charge in [0.2, 0.25) is 0 Å². The highest BCUT2D eigenvalue weighted by Gasteiger charge is 2.20. The molecule has 0 aliphatic carbocycles. The number of sulfone groups is 1. The largest absolute Gasteiger partial charge is 0.383 e. The monoisotopic (exact) mass is 464 g/mol. The van der Waals surface area contributed by atoms with Gasteiger partial charge in [0.25, 0.3) is 5.91 Å². The molecule has 1 aromatic heterocycles. The first-order valence-corrected chi connectivity index (χ1v) is 13.0. The fourth-order valence-corrected chi connectivity index (χ4v) is 5.61. The second kappa shape index (κ2) is 9.47. The number of carbonyl (C=O) groups excluding carboxylic acids is 1. The van der Waals surface area contributed by atoms with Crippen LogP contribution in [0, 0.1) is 0 Å². The fraction of sp³-hybridized carbons (Fsp3) is 0.333. The molecule has 3 aromatic rings. The Balaban J connectivity index is 2.09. The molecule has 1 heterocycles. The number of rotatable bonds is 7. The molecule has 0 saturated carbocycles. The van der Waals surface area contributed by atoms with Gasteiger partial charge in [-0.3, -0.25) is 4.79 Å². The van der Waals surface area contributed by atoms with Gasteiger partial charge >= 0.3 is 0 Å². The summed E-state index contributed by atoms with van der Waals surface area (Å²) in [5.41, 5.74) is 1.23. The van der Waals surface area contributed by atoms with Crippen molar-refractivity contribution in [1.82, 2.24) is 4.57 Å².